The zero-order chi connectivity index (χ0) is 13.9. The SMILES string of the molecule is CC(C)CC(C)(C)OC(=O)NC(C)(C)C(C)C. The van der Waals surface area contributed by atoms with Gasteiger partial charge in [-0.05, 0) is 46.0 Å². The Labute approximate surface area is 106 Å². The van der Waals surface area contributed by atoms with Gasteiger partial charge in [-0.1, -0.05) is 27.7 Å². The van der Waals surface area contributed by atoms with Gasteiger partial charge in [-0.3, -0.25) is 0 Å². The number of alkyl carbamates (subject to hydrolysis) is 1. The highest BCUT2D eigenvalue weighted by molar-refractivity contribution is 5.68. The third kappa shape index (κ3) is 6.54. The summed E-state index contributed by atoms with van der Waals surface area (Å²) in [5, 5.41) is 2.92. The van der Waals surface area contributed by atoms with Gasteiger partial charge in [0.25, 0.3) is 0 Å². The van der Waals surface area contributed by atoms with E-state index in [9.17, 15) is 4.79 Å². The van der Waals surface area contributed by atoms with Gasteiger partial charge < -0.3 is 10.1 Å². The Bertz CT molecular complexity index is 255. The molecule has 0 radical (unpaired) electrons. The first-order chi connectivity index (χ1) is 7.46. The zero-order valence-corrected chi connectivity index (χ0v) is 12.7. The van der Waals surface area contributed by atoms with Crippen molar-refractivity contribution in [2.75, 3.05) is 0 Å². The molecule has 102 valence electrons. The van der Waals surface area contributed by atoms with Crippen molar-refractivity contribution in [3.05, 3.63) is 0 Å². The molecule has 0 rings (SSSR count). The summed E-state index contributed by atoms with van der Waals surface area (Å²) in [5.41, 5.74) is -0.656. The van der Waals surface area contributed by atoms with Crippen LogP contribution in [0.5, 0.6) is 0 Å². The van der Waals surface area contributed by atoms with Crippen molar-refractivity contribution in [3.8, 4) is 0 Å². The lowest BCUT2D eigenvalue weighted by molar-refractivity contribution is 0.0180. The van der Waals surface area contributed by atoms with Gasteiger partial charge in [0.1, 0.15) is 5.60 Å². The maximum Gasteiger partial charge on any atom is 0.408 e. The summed E-state index contributed by atoms with van der Waals surface area (Å²) in [6, 6.07) is 0. The van der Waals surface area contributed by atoms with E-state index in [0.29, 0.717) is 11.8 Å². The molecule has 1 N–H and O–H groups in total. The quantitative estimate of drug-likeness (QED) is 0.793. The van der Waals surface area contributed by atoms with Crippen molar-refractivity contribution in [2.24, 2.45) is 11.8 Å². The second kappa shape index (κ2) is 5.74. The van der Waals surface area contributed by atoms with Crippen LogP contribution in [0, 0.1) is 11.8 Å². The van der Waals surface area contributed by atoms with E-state index in [1.807, 2.05) is 27.7 Å². The molecule has 0 aromatic heterocycles. The molecular weight excluding hydrogens is 214 g/mol. The Hall–Kier alpha value is -0.730. The molecule has 0 aliphatic carbocycles. The number of nitrogens with one attached hydrogen (secondary N) is 1. The Morgan fingerprint density at radius 3 is 1.94 bits per heavy atom. The van der Waals surface area contributed by atoms with Crippen molar-refractivity contribution >= 4 is 6.09 Å². The average molecular weight is 243 g/mol. The topological polar surface area (TPSA) is 38.3 Å². The predicted octanol–water partition coefficient (Wildman–Crippen LogP) is 3.97. The van der Waals surface area contributed by atoms with Gasteiger partial charge in [0.05, 0.1) is 0 Å². The number of hydrogen-bond acceptors (Lipinski definition) is 2. The number of rotatable bonds is 5. The fraction of sp³-hybridized carbons (Fsp3) is 0.929. The first-order valence-electron chi connectivity index (χ1n) is 6.47. The normalized spacial score (nSPS) is 13.1. The minimum atomic E-state index is -0.411. The predicted molar refractivity (Wildman–Crippen MR) is 72.1 cm³/mol. The van der Waals surface area contributed by atoms with Gasteiger partial charge >= 0.3 is 6.09 Å². The van der Waals surface area contributed by atoms with E-state index >= 15 is 0 Å². The molecule has 17 heavy (non-hydrogen) atoms. The van der Waals surface area contributed by atoms with Crippen LogP contribution in [0.4, 0.5) is 4.79 Å². The summed E-state index contributed by atoms with van der Waals surface area (Å²) in [7, 11) is 0. The van der Waals surface area contributed by atoms with E-state index in [-0.39, 0.29) is 11.6 Å². The molecular formula is C14H29NO2. The fourth-order valence-electron chi connectivity index (χ4n) is 1.71. The third-order valence-electron chi connectivity index (χ3n) is 3.14. The number of hydrogen-bond donors (Lipinski definition) is 1. The lowest BCUT2D eigenvalue weighted by Crippen LogP contribution is -2.49. The van der Waals surface area contributed by atoms with Crippen LogP contribution in [0.25, 0.3) is 0 Å². The van der Waals surface area contributed by atoms with Crippen LogP contribution in [0.2, 0.25) is 0 Å². The molecule has 0 bridgehead atoms. The van der Waals surface area contributed by atoms with Gasteiger partial charge in [-0.2, -0.15) is 0 Å². The molecule has 0 atom stereocenters. The molecule has 3 heteroatoms. The van der Waals surface area contributed by atoms with Gasteiger partial charge in [-0.15, -0.1) is 0 Å². The van der Waals surface area contributed by atoms with E-state index in [4.69, 9.17) is 4.74 Å². The molecule has 0 saturated heterocycles. The first kappa shape index (κ1) is 16.3. The highest BCUT2D eigenvalue weighted by Gasteiger charge is 2.29. The second-order valence-corrected chi connectivity index (χ2v) is 6.75. The standard InChI is InChI=1S/C14H29NO2/c1-10(2)9-13(5,6)17-12(16)15-14(7,8)11(3)4/h10-11H,9H2,1-8H3,(H,15,16). The summed E-state index contributed by atoms with van der Waals surface area (Å²) in [4.78, 5) is 11.8. The van der Waals surface area contributed by atoms with E-state index in [0.717, 1.165) is 6.42 Å². The van der Waals surface area contributed by atoms with E-state index in [1.54, 1.807) is 0 Å². The van der Waals surface area contributed by atoms with Crippen LogP contribution in [0.1, 0.15) is 61.8 Å². The Balaban J connectivity index is 4.36. The summed E-state index contributed by atoms with van der Waals surface area (Å²) in [6.45, 7) is 16.3. The average Bonchev–Trinajstić information content (AvgIpc) is 1.96. The molecule has 0 spiro atoms. The van der Waals surface area contributed by atoms with Crippen LogP contribution >= 0.6 is 0 Å². The molecule has 0 aromatic carbocycles. The molecule has 3 nitrogen and oxygen atoms in total. The second-order valence-electron chi connectivity index (χ2n) is 6.75. The van der Waals surface area contributed by atoms with Gasteiger partial charge in [0, 0.05) is 5.54 Å². The summed E-state index contributed by atoms with van der Waals surface area (Å²) in [6.07, 6.45) is 0.539. The van der Waals surface area contributed by atoms with Crippen LogP contribution in [-0.2, 0) is 4.74 Å². The van der Waals surface area contributed by atoms with Crippen molar-refractivity contribution in [1.29, 1.82) is 0 Å². The minimum Gasteiger partial charge on any atom is -0.444 e. The summed E-state index contributed by atoms with van der Waals surface area (Å²) in [5.74, 6) is 0.874. The number of carbonyl (C=O) groups is 1. The lowest BCUT2D eigenvalue weighted by atomic mass is 9.91. The largest absolute Gasteiger partial charge is 0.444 e. The van der Waals surface area contributed by atoms with Crippen LogP contribution in [-0.4, -0.2) is 17.2 Å². The van der Waals surface area contributed by atoms with Gasteiger partial charge in [-0.25, -0.2) is 4.79 Å². The van der Waals surface area contributed by atoms with Crippen molar-refractivity contribution in [3.63, 3.8) is 0 Å². The molecule has 0 aromatic rings. The van der Waals surface area contributed by atoms with E-state index < -0.39 is 5.60 Å². The molecule has 0 aliphatic rings. The Kier molecular flexibility index (Phi) is 5.50. The Morgan fingerprint density at radius 1 is 1.12 bits per heavy atom. The minimum absolute atomic E-state index is 0.245. The molecule has 0 fully saturated rings. The van der Waals surface area contributed by atoms with Crippen molar-refractivity contribution in [2.45, 2.75) is 73.0 Å². The summed E-state index contributed by atoms with van der Waals surface area (Å²) < 4.78 is 5.48. The molecule has 0 heterocycles. The van der Waals surface area contributed by atoms with Crippen molar-refractivity contribution in [1.82, 2.24) is 5.32 Å². The molecule has 0 saturated carbocycles. The van der Waals surface area contributed by atoms with Gasteiger partial charge in [0.15, 0.2) is 0 Å². The third-order valence-corrected chi connectivity index (χ3v) is 3.14. The van der Waals surface area contributed by atoms with Gasteiger partial charge in [0.2, 0.25) is 0 Å². The smallest absolute Gasteiger partial charge is 0.408 e. The lowest BCUT2D eigenvalue weighted by Gasteiger charge is -2.33. The van der Waals surface area contributed by atoms with Crippen molar-refractivity contribution < 1.29 is 9.53 Å². The highest BCUT2D eigenvalue weighted by atomic mass is 16.6. The molecule has 0 unspecified atom stereocenters. The first-order valence-corrected chi connectivity index (χ1v) is 6.47. The number of amides is 1. The zero-order valence-electron chi connectivity index (χ0n) is 12.7. The van der Waals surface area contributed by atoms with E-state index in [2.05, 4.69) is 33.0 Å². The maximum atomic E-state index is 11.8. The molecule has 1 amide bonds. The fourth-order valence-corrected chi connectivity index (χ4v) is 1.71. The highest BCUT2D eigenvalue weighted by Crippen LogP contribution is 2.21. The van der Waals surface area contributed by atoms with E-state index in [1.165, 1.54) is 0 Å². The van der Waals surface area contributed by atoms with Crippen LogP contribution < -0.4 is 5.32 Å². The van der Waals surface area contributed by atoms with Crippen LogP contribution in [0.15, 0.2) is 0 Å². The number of ether oxygens (including phenoxy) is 1. The summed E-state index contributed by atoms with van der Waals surface area (Å²) >= 11 is 0. The maximum absolute atomic E-state index is 11.8. The van der Waals surface area contributed by atoms with Crippen LogP contribution in [0.3, 0.4) is 0 Å². The number of carbonyl (C=O) groups excluding carboxylic acids is 1. The Morgan fingerprint density at radius 2 is 1.59 bits per heavy atom. The monoisotopic (exact) mass is 243 g/mol. The molecule has 0 aliphatic heterocycles.